The second-order valence-corrected chi connectivity index (χ2v) is 7.47. The molecule has 26 heavy (non-hydrogen) atoms. The zero-order valence-corrected chi connectivity index (χ0v) is 14.1. The van der Waals surface area contributed by atoms with Crippen LogP contribution in [0.3, 0.4) is 0 Å². The highest BCUT2D eigenvalue weighted by Crippen LogP contribution is 2.36. The van der Waals surface area contributed by atoms with Gasteiger partial charge in [0.25, 0.3) is 5.91 Å². The van der Waals surface area contributed by atoms with Crippen molar-refractivity contribution in [2.24, 2.45) is 5.73 Å². The molecule has 0 aromatic heterocycles. The molecule has 9 nitrogen and oxygen atoms in total. The maximum Gasteiger partial charge on any atom is 0.256 e. The first kappa shape index (κ1) is 17.8. The molecule has 4 N–H and O–H groups in total. The van der Waals surface area contributed by atoms with Gasteiger partial charge >= 0.3 is 0 Å². The summed E-state index contributed by atoms with van der Waals surface area (Å²) in [6, 6.07) is 5.71. The molecule has 0 spiro atoms. The molecule has 0 saturated carbocycles. The molecule has 136 valence electrons. The van der Waals surface area contributed by atoms with Gasteiger partial charge in [0, 0.05) is 28.4 Å². The van der Waals surface area contributed by atoms with E-state index >= 15 is 0 Å². The lowest BCUT2D eigenvalue weighted by Gasteiger charge is -2.20. The highest BCUT2D eigenvalue weighted by molar-refractivity contribution is 7.89. The number of anilines is 1. The van der Waals surface area contributed by atoms with Crippen molar-refractivity contribution in [3.8, 4) is 0 Å². The van der Waals surface area contributed by atoms with E-state index < -0.39 is 27.9 Å². The number of nitrogens with one attached hydrogen (secondary N) is 2. The van der Waals surface area contributed by atoms with Crippen LogP contribution in [0, 0.1) is 0 Å². The van der Waals surface area contributed by atoms with Crippen molar-refractivity contribution in [2.75, 3.05) is 5.32 Å². The Hall–Kier alpha value is -2.98. The minimum atomic E-state index is -4.26. The van der Waals surface area contributed by atoms with Crippen molar-refractivity contribution in [2.45, 2.75) is 23.8 Å². The molecular formula is C16H14N3O6S-. The third kappa shape index (κ3) is 3.11. The van der Waals surface area contributed by atoms with Crippen LogP contribution in [-0.2, 0) is 19.6 Å². The third-order valence-corrected chi connectivity index (χ3v) is 5.57. The van der Waals surface area contributed by atoms with Crippen molar-refractivity contribution >= 4 is 44.3 Å². The van der Waals surface area contributed by atoms with Gasteiger partial charge in [0.15, 0.2) is 0 Å². The maximum absolute atomic E-state index is 12.7. The van der Waals surface area contributed by atoms with Gasteiger partial charge in [-0.15, -0.1) is 0 Å². The molecule has 10 heteroatoms. The summed E-state index contributed by atoms with van der Waals surface area (Å²) in [5.41, 5.74) is 5.78. The molecule has 0 saturated heterocycles. The summed E-state index contributed by atoms with van der Waals surface area (Å²) in [4.78, 5) is 33.8. The standard InChI is InChI=1S/C16H15N3O6S/c17-13(20)7-5-11(16(22)23)19-26(24,25)12-6-4-10-14-8(12)2-1-3-9(14)15(21)18-10/h1-4,6,11,19H,5,7H2,(H2,17,20)(H,18,21)(H,22,23)/p-1/t11-/m1/s1. The van der Waals surface area contributed by atoms with Crippen LogP contribution in [0.25, 0.3) is 10.8 Å². The Morgan fingerprint density at radius 3 is 2.62 bits per heavy atom. The maximum atomic E-state index is 12.7. The molecule has 1 heterocycles. The molecule has 0 unspecified atom stereocenters. The van der Waals surface area contributed by atoms with Crippen LogP contribution in [0.2, 0.25) is 0 Å². The van der Waals surface area contributed by atoms with Gasteiger partial charge in [0.05, 0.1) is 16.9 Å². The van der Waals surface area contributed by atoms with E-state index in [0.29, 0.717) is 16.6 Å². The van der Waals surface area contributed by atoms with E-state index in [9.17, 15) is 27.9 Å². The Kier molecular flexibility index (Phi) is 4.38. The van der Waals surface area contributed by atoms with E-state index in [1.165, 1.54) is 24.3 Å². The summed E-state index contributed by atoms with van der Waals surface area (Å²) in [5.74, 6) is -2.77. The molecule has 2 aromatic rings. The number of hydrogen-bond acceptors (Lipinski definition) is 6. The van der Waals surface area contributed by atoms with Crippen LogP contribution in [0.5, 0.6) is 0 Å². The Morgan fingerprint density at radius 2 is 1.96 bits per heavy atom. The number of nitrogens with two attached hydrogens (primary N) is 1. The Balaban J connectivity index is 2.03. The molecule has 0 fully saturated rings. The molecule has 0 bridgehead atoms. The summed E-state index contributed by atoms with van der Waals surface area (Å²) in [7, 11) is -4.26. The molecule has 2 amide bonds. The fraction of sp³-hybridized carbons (Fsp3) is 0.188. The van der Waals surface area contributed by atoms with E-state index in [-0.39, 0.29) is 29.0 Å². The predicted octanol–water partition coefficient (Wildman–Crippen LogP) is -0.932. The van der Waals surface area contributed by atoms with Crippen LogP contribution in [0.4, 0.5) is 5.69 Å². The molecule has 0 radical (unpaired) electrons. The Morgan fingerprint density at radius 1 is 1.23 bits per heavy atom. The highest BCUT2D eigenvalue weighted by Gasteiger charge is 2.28. The van der Waals surface area contributed by atoms with Gasteiger partial charge in [-0.25, -0.2) is 13.1 Å². The minimum Gasteiger partial charge on any atom is -0.548 e. The lowest BCUT2D eigenvalue weighted by Crippen LogP contribution is -2.48. The number of carbonyl (C=O) groups excluding carboxylic acids is 3. The third-order valence-electron chi connectivity index (χ3n) is 4.04. The van der Waals surface area contributed by atoms with Crippen LogP contribution in [0.1, 0.15) is 23.2 Å². The highest BCUT2D eigenvalue weighted by atomic mass is 32.2. The van der Waals surface area contributed by atoms with Crippen LogP contribution in [-0.4, -0.2) is 32.2 Å². The first-order chi connectivity index (χ1) is 12.2. The van der Waals surface area contributed by atoms with E-state index in [1.807, 2.05) is 4.72 Å². The lowest BCUT2D eigenvalue weighted by atomic mass is 10.1. The molecule has 1 aliphatic heterocycles. The number of benzene rings is 2. The number of rotatable bonds is 7. The van der Waals surface area contributed by atoms with Crippen molar-refractivity contribution in [3.63, 3.8) is 0 Å². The minimum absolute atomic E-state index is 0.181. The number of carbonyl (C=O) groups is 3. The number of hydrogen-bond donors (Lipinski definition) is 3. The largest absolute Gasteiger partial charge is 0.548 e. The van der Waals surface area contributed by atoms with Crippen molar-refractivity contribution in [3.05, 3.63) is 35.9 Å². The SMILES string of the molecule is NC(=O)CC[C@@H](NS(=O)(=O)c1ccc2c3c(cccc13)C(=O)N2)C(=O)[O-]. The monoisotopic (exact) mass is 376 g/mol. The molecule has 2 aromatic carbocycles. The summed E-state index contributed by atoms with van der Waals surface area (Å²) in [6.45, 7) is 0. The first-order valence-corrected chi connectivity index (χ1v) is 9.07. The fourth-order valence-electron chi connectivity index (χ4n) is 2.86. The van der Waals surface area contributed by atoms with Gasteiger partial charge in [0.1, 0.15) is 0 Å². The molecular weight excluding hydrogens is 362 g/mol. The lowest BCUT2D eigenvalue weighted by molar-refractivity contribution is -0.308. The van der Waals surface area contributed by atoms with Gasteiger partial charge in [-0.3, -0.25) is 9.59 Å². The summed E-state index contributed by atoms with van der Waals surface area (Å²) >= 11 is 0. The van der Waals surface area contributed by atoms with Gasteiger partial charge in [0.2, 0.25) is 15.9 Å². The predicted molar refractivity (Wildman–Crippen MR) is 89.4 cm³/mol. The quantitative estimate of drug-likeness (QED) is 0.566. The number of amides is 2. The average molecular weight is 376 g/mol. The molecule has 3 rings (SSSR count). The average Bonchev–Trinajstić information content (AvgIpc) is 2.89. The molecule has 1 aliphatic rings. The van der Waals surface area contributed by atoms with Gasteiger partial charge < -0.3 is 21.0 Å². The van der Waals surface area contributed by atoms with Gasteiger partial charge in [-0.05, 0) is 24.6 Å². The Labute approximate surface area is 148 Å². The van der Waals surface area contributed by atoms with Crippen molar-refractivity contribution in [1.29, 1.82) is 0 Å². The van der Waals surface area contributed by atoms with Gasteiger partial charge in [-0.1, -0.05) is 12.1 Å². The van der Waals surface area contributed by atoms with Crippen LogP contribution < -0.4 is 20.9 Å². The summed E-state index contributed by atoms with van der Waals surface area (Å²) < 4.78 is 27.4. The molecule has 0 aliphatic carbocycles. The second kappa shape index (κ2) is 6.39. The number of carboxylic acid groups (broad SMARTS) is 1. The smallest absolute Gasteiger partial charge is 0.256 e. The number of aliphatic carboxylic acids is 1. The van der Waals surface area contributed by atoms with Crippen molar-refractivity contribution in [1.82, 2.24) is 4.72 Å². The Bertz CT molecular complexity index is 1050. The second-order valence-electron chi connectivity index (χ2n) is 5.79. The topological polar surface area (TPSA) is 158 Å². The van der Waals surface area contributed by atoms with E-state index in [1.54, 1.807) is 6.07 Å². The molecule has 1 atom stereocenters. The summed E-state index contributed by atoms with van der Waals surface area (Å²) in [6.07, 6.45) is -0.651. The van der Waals surface area contributed by atoms with Gasteiger partial charge in [-0.2, -0.15) is 0 Å². The van der Waals surface area contributed by atoms with E-state index in [0.717, 1.165) is 0 Å². The zero-order chi connectivity index (χ0) is 19.1. The number of sulfonamides is 1. The van der Waals surface area contributed by atoms with Crippen molar-refractivity contribution < 1.29 is 27.9 Å². The number of carboxylic acids is 1. The van der Waals surface area contributed by atoms with Crippen LogP contribution in [0.15, 0.2) is 35.2 Å². The zero-order valence-electron chi connectivity index (χ0n) is 13.3. The van der Waals surface area contributed by atoms with E-state index in [4.69, 9.17) is 5.73 Å². The summed E-state index contributed by atoms with van der Waals surface area (Å²) in [5, 5.41) is 14.6. The number of primary amides is 1. The normalized spacial score (nSPS) is 14.2. The van der Waals surface area contributed by atoms with E-state index in [2.05, 4.69) is 5.32 Å². The van der Waals surface area contributed by atoms with Crippen LogP contribution >= 0.6 is 0 Å². The fourth-order valence-corrected chi connectivity index (χ4v) is 4.28. The first-order valence-electron chi connectivity index (χ1n) is 7.59.